The molecule has 0 aromatic heterocycles. The maximum absolute atomic E-state index is 12.5. The molecule has 5 unspecified atom stereocenters. The van der Waals surface area contributed by atoms with Crippen molar-refractivity contribution in [1.29, 1.82) is 0 Å². The molecule has 0 heterocycles. The van der Waals surface area contributed by atoms with Gasteiger partial charge in [-0.15, -0.1) is 0 Å². The Hall–Kier alpha value is -0.630. The Bertz CT molecular complexity index is 593. The lowest BCUT2D eigenvalue weighted by Crippen LogP contribution is -2.56. The molecule has 146 valence electrons. The van der Waals surface area contributed by atoms with Crippen LogP contribution in [-0.2, 0) is 4.79 Å². The number of hydrogen-bond acceptors (Lipinski definition) is 2. The van der Waals surface area contributed by atoms with Crippen LogP contribution in [-0.4, -0.2) is 17.0 Å². The first-order chi connectivity index (χ1) is 12.4. The van der Waals surface area contributed by atoms with Gasteiger partial charge in [-0.1, -0.05) is 45.3 Å². The van der Waals surface area contributed by atoms with Crippen LogP contribution in [0.15, 0.2) is 11.6 Å². The molecular weight excluding hydrogens is 320 g/mol. The van der Waals surface area contributed by atoms with E-state index in [9.17, 15) is 9.90 Å². The standard InChI is InChI=1S/C24H38O2/c1-4-5-6-7-16-10-12-23(2)19-11-13-24(3)18(8-9-22(24)26)17(19)15-21(25)20(23)14-16/h10,17-21,25H,4-9,11-15H2,1-3H3/t17?,18?,19?,20?,21?,23-,24+/m1/s1. The van der Waals surface area contributed by atoms with Crippen LogP contribution in [0.5, 0.6) is 0 Å². The average molecular weight is 359 g/mol. The Labute approximate surface area is 159 Å². The van der Waals surface area contributed by atoms with Gasteiger partial charge >= 0.3 is 0 Å². The number of carbonyl (C=O) groups is 1. The lowest BCUT2D eigenvalue weighted by molar-refractivity contribution is -0.151. The third kappa shape index (κ3) is 2.74. The average Bonchev–Trinajstić information content (AvgIpc) is 2.92. The molecule has 0 radical (unpaired) electrons. The van der Waals surface area contributed by atoms with Gasteiger partial charge in [0.2, 0.25) is 0 Å². The van der Waals surface area contributed by atoms with Gasteiger partial charge in [0, 0.05) is 11.8 Å². The van der Waals surface area contributed by atoms with Crippen molar-refractivity contribution in [2.75, 3.05) is 0 Å². The van der Waals surface area contributed by atoms with Gasteiger partial charge in [0.15, 0.2) is 0 Å². The van der Waals surface area contributed by atoms with E-state index in [1.807, 2.05) is 0 Å². The minimum atomic E-state index is -0.172. The first-order valence-electron chi connectivity index (χ1n) is 11.3. The number of carbonyl (C=O) groups excluding carboxylic acids is 1. The molecule has 4 rings (SSSR count). The third-order valence-electron chi connectivity index (χ3n) is 9.23. The van der Waals surface area contributed by atoms with Crippen molar-refractivity contribution in [3.8, 4) is 0 Å². The summed E-state index contributed by atoms with van der Waals surface area (Å²) in [4.78, 5) is 12.5. The monoisotopic (exact) mass is 358 g/mol. The normalized spacial score (nSPS) is 47.8. The summed E-state index contributed by atoms with van der Waals surface area (Å²) in [5.41, 5.74) is 1.76. The van der Waals surface area contributed by atoms with E-state index in [1.165, 1.54) is 32.1 Å². The fraction of sp³-hybridized carbons (Fsp3) is 0.875. The van der Waals surface area contributed by atoms with Crippen molar-refractivity contribution < 1.29 is 9.90 Å². The first kappa shape index (κ1) is 18.7. The number of unbranched alkanes of at least 4 members (excludes halogenated alkanes) is 2. The van der Waals surface area contributed by atoms with E-state index >= 15 is 0 Å². The second-order valence-electron chi connectivity index (χ2n) is 10.4. The van der Waals surface area contributed by atoms with E-state index in [4.69, 9.17) is 0 Å². The SMILES string of the molecule is CCCCCC1=CC[C@@]2(C)C(C1)C(O)CC1C2CC[C@]2(C)C(=O)CCC12. The Morgan fingerprint density at radius 3 is 2.73 bits per heavy atom. The second-order valence-corrected chi connectivity index (χ2v) is 10.4. The molecule has 4 aliphatic rings. The van der Waals surface area contributed by atoms with E-state index in [0.29, 0.717) is 29.5 Å². The summed E-state index contributed by atoms with van der Waals surface area (Å²) in [6.07, 6.45) is 14.8. The highest BCUT2D eigenvalue weighted by atomic mass is 16.3. The lowest BCUT2D eigenvalue weighted by Gasteiger charge is -2.60. The third-order valence-corrected chi connectivity index (χ3v) is 9.23. The maximum atomic E-state index is 12.5. The molecule has 3 fully saturated rings. The summed E-state index contributed by atoms with van der Waals surface area (Å²) in [6.45, 7) is 6.97. The van der Waals surface area contributed by atoms with Crippen molar-refractivity contribution in [1.82, 2.24) is 0 Å². The molecule has 0 amide bonds. The predicted octanol–water partition coefficient (Wildman–Crippen LogP) is 5.69. The fourth-order valence-electron chi connectivity index (χ4n) is 7.57. The van der Waals surface area contributed by atoms with E-state index in [-0.39, 0.29) is 16.9 Å². The molecule has 26 heavy (non-hydrogen) atoms. The van der Waals surface area contributed by atoms with Crippen LogP contribution in [0.2, 0.25) is 0 Å². The summed E-state index contributed by atoms with van der Waals surface area (Å²) < 4.78 is 0. The molecule has 4 aliphatic carbocycles. The number of aliphatic hydroxyl groups excluding tert-OH is 1. The van der Waals surface area contributed by atoms with Crippen molar-refractivity contribution in [2.24, 2.45) is 34.5 Å². The van der Waals surface area contributed by atoms with Crippen LogP contribution in [0, 0.1) is 34.5 Å². The number of Topliss-reactive ketones (excluding diaryl/α,β-unsaturated/α-hetero) is 1. The molecule has 0 bridgehead atoms. The molecule has 2 heteroatoms. The molecule has 0 spiro atoms. The molecule has 0 aromatic rings. The smallest absolute Gasteiger partial charge is 0.139 e. The zero-order chi connectivity index (χ0) is 18.5. The zero-order valence-corrected chi connectivity index (χ0v) is 17.1. The number of aliphatic hydroxyl groups is 1. The van der Waals surface area contributed by atoms with Gasteiger partial charge in [-0.2, -0.15) is 0 Å². The van der Waals surface area contributed by atoms with Crippen LogP contribution in [0.25, 0.3) is 0 Å². The molecule has 0 aliphatic heterocycles. The summed E-state index contributed by atoms with van der Waals surface area (Å²) in [5.74, 6) is 2.73. The van der Waals surface area contributed by atoms with Crippen LogP contribution in [0.1, 0.15) is 91.4 Å². The topological polar surface area (TPSA) is 37.3 Å². The van der Waals surface area contributed by atoms with Gasteiger partial charge in [-0.05, 0) is 80.5 Å². The van der Waals surface area contributed by atoms with Gasteiger partial charge < -0.3 is 5.11 Å². The summed E-state index contributed by atoms with van der Waals surface area (Å²) in [5, 5.41) is 11.2. The highest BCUT2D eigenvalue weighted by Gasteiger charge is 2.61. The van der Waals surface area contributed by atoms with E-state index in [0.717, 1.165) is 38.5 Å². The van der Waals surface area contributed by atoms with Gasteiger partial charge in [-0.3, -0.25) is 4.79 Å². The van der Waals surface area contributed by atoms with Gasteiger partial charge in [0.1, 0.15) is 5.78 Å². The van der Waals surface area contributed by atoms with E-state index in [2.05, 4.69) is 26.8 Å². The fourth-order valence-corrected chi connectivity index (χ4v) is 7.57. The number of hydrogen-bond donors (Lipinski definition) is 1. The Morgan fingerprint density at radius 2 is 1.96 bits per heavy atom. The van der Waals surface area contributed by atoms with Crippen LogP contribution >= 0.6 is 0 Å². The van der Waals surface area contributed by atoms with Crippen LogP contribution in [0.4, 0.5) is 0 Å². The minimum Gasteiger partial charge on any atom is -0.393 e. The zero-order valence-electron chi connectivity index (χ0n) is 17.1. The van der Waals surface area contributed by atoms with Crippen molar-refractivity contribution in [3.05, 3.63) is 11.6 Å². The number of ketones is 1. The molecule has 3 saturated carbocycles. The molecule has 0 aromatic carbocycles. The van der Waals surface area contributed by atoms with Crippen LogP contribution < -0.4 is 0 Å². The summed E-state index contributed by atoms with van der Waals surface area (Å²) in [6, 6.07) is 0. The highest BCUT2D eigenvalue weighted by Crippen LogP contribution is 2.65. The first-order valence-corrected chi connectivity index (χ1v) is 11.3. The Morgan fingerprint density at radius 1 is 1.15 bits per heavy atom. The predicted molar refractivity (Wildman–Crippen MR) is 106 cm³/mol. The van der Waals surface area contributed by atoms with Crippen LogP contribution in [0.3, 0.4) is 0 Å². The van der Waals surface area contributed by atoms with Crippen molar-refractivity contribution >= 4 is 5.78 Å². The Kier molecular flexibility index (Phi) is 4.87. The molecule has 0 saturated heterocycles. The largest absolute Gasteiger partial charge is 0.393 e. The van der Waals surface area contributed by atoms with Gasteiger partial charge in [0.05, 0.1) is 6.10 Å². The molecule has 1 N–H and O–H groups in total. The molecular formula is C24H38O2. The summed E-state index contributed by atoms with van der Waals surface area (Å²) in [7, 11) is 0. The molecule has 2 nitrogen and oxygen atoms in total. The van der Waals surface area contributed by atoms with E-state index in [1.54, 1.807) is 5.57 Å². The quantitative estimate of drug-likeness (QED) is 0.518. The van der Waals surface area contributed by atoms with E-state index < -0.39 is 0 Å². The number of allylic oxidation sites excluding steroid dienone is 2. The van der Waals surface area contributed by atoms with Gasteiger partial charge in [0.25, 0.3) is 0 Å². The summed E-state index contributed by atoms with van der Waals surface area (Å²) >= 11 is 0. The van der Waals surface area contributed by atoms with Crippen molar-refractivity contribution in [3.63, 3.8) is 0 Å². The molecule has 7 atom stereocenters. The van der Waals surface area contributed by atoms with Gasteiger partial charge in [-0.25, -0.2) is 0 Å². The second kappa shape index (κ2) is 6.76. The lowest BCUT2D eigenvalue weighted by atomic mass is 9.45. The maximum Gasteiger partial charge on any atom is 0.139 e. The minimum absolute atomic E-state index is 0.0834. The van der Waals surface area contributed by atoms with Crippen molar-refractivity contribution in [2.45, 2.75) is 97.5 Å². The number of fused-ring (bicyclic) bond motifs is 5. The Balaban J connectivity index is 1.56. The highest BCUT2D eigenvalue weighted by molar-refractivity contribution is 5.87. The number of rotatable bonds is 4.